The summed E-state index contributed by atoms with van der Waals surface area (Å²) in [4.78, 5) is 24.6. The van der Waals surface area contributed by atoms with Crippen LogP contribution < -0.4 is 0 Å². The first-order chi connectivity index (χ1) is 9.19. The topological polar surface area (TPSA) is 91.8 Å². The molecule has 0 radical (unpaired) electrons. The highest BCUT2D eigenvalue weighted by Crippen LogP contribution is 2.22. The van der Waals surface area contributed by atoms with E-state index in [2.05, 4.69) is 5.92 Å². The number of nitrogens with zero attached hydrogens (tertiary/aromatic N) is 1. The van der Waals surface area contributed by atoms with Gasteiger partial charge >= 0.3 is 5.97 Å². The molecule has 1 amide bonds. The fourth-order valence-corrected chi connectivity index (χ4v) is 3.93. The first-order valence-electron chi connectivity index (χ1n) is 6.36. The van der Waals surface area contributed by atoms with Crippen LogP contribution in [0.3, 0.4) is 0 Å². The number of carbonyl (C=O) groups excluding carboxylic acids is 1. The summed E-state index contributed by atoms with van der Waals surface area (Å²) < 4.78 is 23.0. The standard InChI is InChI=1S/C13H19NO5S/c1-4-6-14(11-5-7-20(18,19)8-11)12(15)9(2)10(3)13(16)17/h1,9-11H,5-8H2,2-3H3,(H,16,17). The number of carbonyl (C=O) groups is 2. The van der Waals surface area contributed by atoms with E-state index in [4.69, 9.17) is 11.5 Å². The normalized spacial score (nSPS) is 23.6. The number of hydrogen-bond donors (Lipinski definition) is 1. The van der Waals surface area contributed by atoms with Gasteiger partial charge in [0.25, 0.3) is 0 Å². The molecule has 1 aliphatic rings. The molecule has 1 heterocycles. The van der Waals surface area contributed by atoms with Crippen molar-refractivity contribution in [2.24, 2.45) is 11.8 Å². The summed E-state index contributed by atoms with van der Waals surface area (Å²) in [5.74, 6) is -0.787. The molecule has 1 fully saturated rings. The molecule has 1 aliphatic heterocycles. The Morgan fingerprint density at radius 1 is 1.40 bits per heavy atom. The number of rotatable bonds is 5. The highest BCUT2D eigenvalue weighted by atomic mass is 32.2. The van der Waals surface area contributed by atoms with Crippen LogP contribution in [-0.2, 0) is 19.4 Å². The number of terminal acetylenes is 1. The smallest absolute Gasteiger partial charge is 0.307 e. The molecule has 0 aromatic rings. The highest BCUT2D eigenvalue weighted by molar-refractivity contribution is 7.91. The second-order valence-electron chi connectivity index (χ2n) is 5.14. The van der Waals surface area contributed by atoms with Gasteiger partial charge in [0.1, 0.15) is 0 Å². The van der Waals surface area contributed by atoms with Crippen molar-refractivity contribution in [1.82, 2.24) is 4.90 Å². The minimum atomic E-state index is -3.13. The van der Waals surface area contributed by atoms with E-state index in [1.807, 2.05) is 0 Å². The molecule has 1 N–H and O–H groups in total. The van der Waals surface area contributed by atoms with E-state index in [1.165, 1.54) is 18.7 Å². The van der Waals surface area contributed by atoms with E-state index >= 15 is 0 Å². The van der Waals surface area contributed by atoms with E-state index in [0.717, 1.165) is 0 Å². The van der Waals surface area contributed by atoms with Gasteiger partial charge in [-0.05, 0) is 6.42 Å². The maximum Gasteiger partial charge on any atom is 0.307 e. The average Bonchev–Trinajstić information content (AvgIpc) is 2.73. The Kier molecular flexibility index (Phi) is 5.17. The molecule has 20 heavy (non-hydrogen) atoms. The Morgan fingerprint density at radius 2 is 2.00 bits per heavy atom. The summed E-state index contributed by atoms with van der Waals surface area (Å²) in [7, 11) is -3.13. The average molecular weight is 301 g/mol. The molecular formula is C13H19NO5S. The molecule has 0 aliphatic carbocycles. The molecular weight excluding hydrogens is 282 g/mol. The minimum Gasteiger partial charge on any atom is -0.481 e. The maximum absolute atomic E-state index is 12.3. The van der Waals surface area contributed by atoms with Crippen molar-refractivity contribution in [2.75, 3.05) is 18.1 Å². The monoisotopic (exact) mass is 301 g/mol. The van der Waals surface area contributed by atoms with Crippen LogP contribution in [0.25, 0.3) is 0 Å². The molecule has 0 aromatic carbocycles. The van der Waals surface area contributed by atoms with E-state index in [1.54, 1.807) is 0 Å². The summed E-state index contributed by atoms with van der Waals surface area (Å²) in [5, 5.41) is 8.95. The summed E-state index contributed by atoms with van der Waals surface area (Å²) >= 11 is 0. The zero-order valence-electron chi connectivity index (χ0n) is 11.6. The molecule has 0 saturated carbocycles. The van der Waals surface area contributed by atoms with Crippen LogP contribution in [0.5, 0.6) is 0 Å². The van der Waals surface area contributed by atoms with Gasteiger partial charge in [-0.25, -0.2) is 8.42 Å². The maximum atomic E-state index is 12.3. The van der Waals surface area contributed by atoms with Crippen molar-refractivity contribution < 1.29 is 23.1 Å². The van der Waals surface area contributed by atoms with Gasteiger partial charge in [-0.3, -0.25) is 9.59 Å². The van der Waals surface area contributed by atoms with Crippen LogP contribution in [0.2, 0.25) is 0 Å². The molecule has 0 bridgehead atoms. The molecule has 7 heteroatoms. The van der Waals surface area contributed by atoms with Gasteiger partial charge in [0, 0.05) is 12.0 Å². The first-order valence-corrected chi connectivity index (χ1v) is 8.19. The van der Waals surface area contributed by atoms with Crippen LogP contribution in [0.15, 0.2) is 0 Å². The van der Waals surface area contributed by atoms with E-state index in [9.17, 15) is 18.0 Å². The predicted octanol–water partition coefficient (Wildman–Crippen LogP) is -0.00790. The van der Waals surface area contributed by atoms with Gasteiger partial charge < -0.3 is 10.0 Å². The van der Waals surface area contributed by atoms with Crippen molar-refractivity contribution >= 4 is 21.7 Å². The minimum absolute atomic E-state index is 0.00427. The van der Waals surface area contributed by atoms with Crippen molar-refractivity contribution in [3.8, 4) is 12.3 Å². The van der Waals surface area contributed by atoms with Crippen molar-refractivity contribution in [2.45, 2.75) is 26.3 Å². The molecule has 112 valence electrons. The Balaban J connectivity index is 2.89. The number of carboxylic acid groups (broad SMARTS) is 1. The molecule has 1 rings (SSSR count). The Hall–Kier alpha value is -1.55. The Bertz CT molecular complexity index is 533. The van der Waals surface area contributed by atoms with Crippen molar-refractivity contribution in [3.63, 3.8) is 0 Å². The SMILES string of the molecule is C#CCN(C(=O)C(C)C(C)C(=O)O)C1CCS(=O)(=O)C1. The number of carboxylic acids is 1. The molecule has 3 atom stereocenters. The Labute approximate surface area is 119 Å². The van der Waals surface area contributed by atoms with Crippen LogP contribution >= 0.6 is 0 Å². The third-order valence-corrected chi connectivity index (χ3v) is 5.47. The van der Waals surface area contributed by atoms with Gasteiger partial charge in [0.15, 0.2) is 9.84 Å². The van der Waals surface area contributed by atoms with Crippen molar-refractivity contribution in [1.29, 1.82) is 0 Å². The lowest BCUT2D eigenvalue weighted by atomic mass is 9.94. The molecule has 0 spiro atoms. The zero-order chi connectivity index (χ0) is 15.5. The molecule has 1 saturated heterocycles. The first kappa shape index (κ1) is 16.5. The third kappa shape index (κ3) is 3.73. The Morgan fingerprint density at radius 3 is 2.40 bits per heavy atom. The highest BCUT2D eigenvalue weighted by Gasteiger charge is 2.37. The fraction of sp³-hybridized carbons (Fsp3) is 0.692. The number of sulfone groups is 1. The third-order valence-electron chi connectivity index (χ3n) is 3.72. The quantitative estimate of drug-likeness (QED) is 0.721. The molecule has 6 nitrogen and oxygen atoms in total. The summed E-state index contributed by atoms with van der Waals surface area (Å²) in [5.41, 5.74) is 0. The van der Waals surface area contributed by atoms with Gasteiger partial charge in [0.2, 0.25) is 5.91 Å². The van der Waals surface area contributed by atoms with E-state index < -0.39 is 39.6 Å². The fourth-order valence-electron chi connectivity index (χ4n) is 2.20. The lowest BCUT2D eigenvalue weighted by Gasteiger charge is -2.30. The van der Waals surface area contributed by atoms with E-state index in [0.29, 0.717) is 6.42 Å². The van der Waals surface area contributed by atoms with E-state index in [-0.39, 0.29) is 18.1 Å². The van der Waals surface area contributed by atoms with Gasteiger partial charge in [-0.1, -0.05) is 19.8 Å². The predicted molar refractivity (Wildman–Crippen MR) is 73.6 cm³/mol. The van der Waals surface area contributed by atoms with Crippen molar-refractivity contribution in [3.05, 3.63) is 0 Å². The lowest BCUT2D eigenvalue weighted by molar-refractivity contribution is -0.149. The van der Waals surface area contributed by atoms with Crippen LogP contribution in [0.1, 0.15) is 20.3 Å². The lowest BCUT2D eigenvalue weighted by Crippen LogP contribution is -2.46. The number of amides is 1. The second kappa shape index (κ2) is 6.27. The summed E-state index contributed by atoms with van der Waals surface area (Å²) in [6.07, 6.45) is 5.58. The molecule has 0 aromatic heterocycles. The summed E-state index contributed by atoms with van der Waals surface area (Å²) in [6.45, 7) is 2.97. The molecule has 3 unspecified atom stereocenters. The summed E-state index contributed by atoms with van der Waals surface area (Å²) in [6, 6.07) is -0.452. The van der Waals surface area contributed by atoms with Gasteiger partial charge in [-0.15, -0.1) is 6.42 Å². The van der Waals surface area contributed by atoms with Crippen LogP contribution in [0.4, 0.5) is 0 Å². The van der Waals surface area contributed by atoms with Gasteiger partial charge in [-0.2, -0.15) is 0 Å². The largest absolute Gasteiger partial charge is 0.481 e. The number of aliphatic carboxylic acids is 1. The second-order valence-corrected chi connectivity index (χ2v) is 7.37. The van der Waals surface area contributed by atoms with Crippen LogP contribution in [-0.4, -0.2) is 54.4 Å². The van der Waals surface area contributed by atoms with Crippen LogP contribution in [0, 0.1) is 24.2 Å². The van der Waals surface area contributed by atoms with Gasteiger partial charge in [0.05, 0.1) is 24.0 Å². The number of hydrogen-bond acceptors (Lipinski definition) is 4. The zero-order valence-corrected chi connectivity index (χ0v) is 12.4.